The fraction of sp³-hybridized carbons (Fsp3) is 0.278. The van der Waals surface area contributed by atoms with E-state index in [2.05, 4.69) is 5.32 Å². The first-order chi connectivity index (χ1) is 11.2. The number of aryl methyl sites for hydroxylation is 1. The highest BCUT2D eigenvalue weighted by atomic mass is 35.5. The maximum absolute atomic E-state index is 12.8. The Morgan fingerprint density at radius 3 is 2.52 bits per heavy atom. The molecule has 0 fully saturated rings. The number of nitrogen functional groups attached to an aromatic ring is 1. The van der Waals surface area contributed by atoms with E-state index in [1.807, 2.05) is 6.92 Å². The van der Waals surface area contributed by atoms with E-state index in [1.165, 1.54) is 6.07 Å². The van der Waals surface area contributed by atoms with Crippen LogP contribution in [0.5, 0.6) is 0 Å². The van der Waals surface area contributed by atoms with E-state index in [0.717, 1.165) is 17.7 Å². The normalized spacial score (nSPS) is 12.2. The van der Waals surface area contributed by atoms with E-state index < -0.39 is 11.7 Å². The summed E-state index contributed by atoms with van der Waals surface area (Å²) < 4.78 is 38.3. The molecule has 0 aliphatic rings. The monoisotopic (exact) mass is 372 g/mol. The summed E-state index contributed by atoms with van der Waals surface area (Å²) in [4.78, 5) is 12.2. The Labute approximate surface area is 150 Å². The number of nitrogens with one attached hydrogen (secondary N) is 1. The number of hydrogen-bond donors (Lipinski definition) is 2. The Hall–Kier alpha value is -2.21. The molecule has 2 rings (SSSR count). The van der Waals surface area contributed by atoms with E-state index >= 15 is 0 Å². The van der Waals surface area contributed by atoms with Gasteiger partial charge in [0.15, 0.2) is 0 Å². The molecule has 0 aliphatic carbocycles. The number of rotatable bonds is 4. The molecule has 0 radical (unpaired) electrons. The second kappa shape index (κ2) is 8.25. The molecule has 2 aromatic carbocycles. The van der Waals surface area contributed by atoms with Gasteiger partial charge in [-0.2, -0.15) is 13.2 Å². The molecule has 2 aromatic rings. The average Bonchev–Trinajstić information content (AvgIpc) is 2.50. The number of alkyl halides is 3. The van der Waals surface area contributed by atoms with Crippen LogP contribution >= 0.6 is 12.4 Å². The maximum atomic E-state index is 12.8. The lowest BCUT2D eigenvalue weighted by Gasteiger charge is -2.15. The maximum Gasteiger partial charge on any atom is 0.416 e. The number of amides is 1. The van der Waals surface area contributed by atoms with Crippen LogP contribution in [0.15, 0.2) is 42.5 Å². The topological polar surface area (TPSA) is 55.1 Å². The first-order valence-electron chi connectivity index (χ1n) is 7.50. The van der Waals surface area contributed by atoms with Gasteiger partial charge in [0, 0.05) is 17.8 Å². The van der Waals surface area contributed by atoms with E-state index in [1.54, 1.807) is 31.2 Å². The van der Waals surface area contributed by atoms with E-state index in [9.17, 15) is 18.0 Å². The van der Waals surface area contributed by atoms with Crippen LogP contribution in [0.25, 0.3) is 0 Å². The third-order valence-electron chi connectivity index (χ3n) is 3.81. The van der Waals surface area contributed by atoms with Crippen molar-refractivity contribution in [2.24, 2.45) is 0 Å². The molecule has 0 saturated heterocycles. The number of hydrogen-bond acceptors (Lipinski definition) is 2. The summed E-state index contributed by atoms with van der Waals surface area (Å²) in [7, 11) is 0. The molecular formula is C18H20ClF3N2O. The first-order valence-corrected chi connectivity index (χ1v) is 7.50. The van der Waals surface area contributed by atoms with Gasteiger partial charge < -0.3 is 11.1 Å². The molecule has 0 spiro atoms. The molecule has 1 amide bonds. The summed E-state index contributed by atoms with van der Waals surface area (Å²) in [5, 5.41) is 2.76. The highest BCUT2D eigenvalue weighted by Gasteiger charge is 2.30. The lowest BCUT2D eigenvalue weighted by atomic mass is 9.95. The van der Waals surface area contributed by atoms with Crippen molar-refractivity contribution >= 4 is 29.7 Å². The number of carbonyl (C=O) groups excluding carboxylic acids is 1. The van der Waals surface area contributed by atoms with Crippen LogP contribution in [0.2, 0.25) is 0 Å². The van der Waals surface area contributed by atoms with Gasteiger partial charge in [0.25, 0.3) is 0 Å². The third kappa shape index (κ3) is 5.67. The van der Waals surface area contributed by atoms with Crippen molar-refractivity contribution in [2.75, 3.05) is 11.1 Å². The molecule has 25 heavy (non-hydrogen) atoms. The largest absolute Gasteiger partial charge is 0.416 e. The van der Waals surface area contributed by atoms with Crippen LogP contribution in [0, 0.1) is 6.92 Å². The minimum Gasteiger partial charge on any atom is -0.399 e. The zero-order valence-corrected chi connectivity index (χ0v) is 14.7. The van der Waals surface area contributed by atoms with E-state index in [4.69, 9.17) is 5.73 Å². The second-order valence-electron chi connectivity index (χ2n) is 5.85. The Bertz CT molecular complexity index is 747. The summed E-state index contributed by atoms with van der Waals surface area (Å²) in [6.45, 7) is 3.56. The van der Waals surface area contributed by atoms with Crippen molar-refractivity contribution in [1.82, 2.24) is 0 Å². The lowest BCUT2D eigenvalue weighted by molar-refractivity contribution is -0.137. The molecule has 136 valence electrons. The van der Waals surface area contributed by atoms with Gasteiger partial charge in [-0.15, -0.1) is 12.4 Å². The fourth-order valence-corrected chi connectivity index (χ4v) is 2.39. The summed E-state index contributed by atoms with van der Waals surface area (Å²) in [6, 6.07) is 10.2. The lowest BCUT2D eigenvalue weighted by Crippen LogP contribution is -2.15. The Morgan fingerprint density at radius 2 is 1.88 bits per heavy atom. The van der Waals surface area contributed by atoms with Crippen molar-refractivity contribution in [2.45, 2.75) is 32.4 Å². The van der Waals surface area contributed by atoms with Gasteiger partial charge in [-0.05, 0) is 42.2 Å². The molecule has 0 aromatic heterocycles. The Kier molecular flexibility index (Phi) is 6.87. The molecule has 0 heterocycles. The van der Waals surface area contributed by atoms with E-state index in [-0.39, 0.29) is 30.7 Å². The fourth-order valence-electron chi connectivity index (χ4n) is 2.39. The van der Waals surface area contributed by atoms with Crippen LogP contribution < -0.4 is 11.1 Å². The molecule has 3 N–H and O–H groups in total. The number of benzene rings is 2. The Morgan fingerprint density at radius 1 is 1.20 bits per heavy atom. The van der Waals surface area contributed by atoms with Gasteiger partial charge in [-0.3, -0.25) is 4.79 Å². The highest BCUT2D eigenvalue weighted by Crippen LogP contribution is 2.31. The minimum absolute atomic E-state index is 0. The van der Waals surface area contributed by atoms with Gasteiger partial charge in [0.05, 0.1) is 5.56 Å². The zero-order chi connectivity index (χ0) is 17.9. The summed E-state index contributed by atoms with van der Waals surface area (Å²) in [5.41, 5.74) is 7.46. The Balaban J connectivity index is 0.00000312. The van der Waals surface area contributed by atoms with Gasteiger partial charge >= 0.3 is 6.18 Å². The summed E-state index contributed by atoms with van der Waals surface area (Å²) in [5.74, 6) is -0.609. The average molecular weight is 373 g/mol. The summed E-state index contributed by atoms with van der Waals surface area (Å²) in [6.07, 6.45) is -4.31. The van der Waals surface area contributed by atoms with Crippen LogP contribution in [0.3, 0.4) is 0 Å². The molecule has 3 nitrogen and oxygen atoms in total. The third-order valence-corrected chi connectivity index (χ3v) is 3.81. The molecule has 0 aliphatic heterocycles. The van der Waals surface area contributed by atoms with Crippen LogP contribution in [0.4, 0.5) is 24.5 Å². The highest BCUT2D eigenvalue weighted by molar-refractivity contribution is 5.92. The minimum atomic E-state index is -4.39. The van der Waals surface area contributed by atoms with Crippen LogP contribution in [-0.2, 0) is 11.0 Å². The second-order valence-corrected chi connectivity index (χ2v) is 5.85. The predicted octanol–water partition coefficient (Wildman–Crippen LogP) is 5.15. The smallest absolute Gasteiger partial charge is 0.399 e. The van der Waals surface area contributed by atoms with Crippen molar-refractivity contribution < 1.29 is 18.0 Å². The number of anilines is 2. The number of nitrogens with two attached hydrogens (primary N) is 1. The van der Waals surface area contributed by atoms with Gasteiger partial charge in [-0.1, -0.05) is 31.2 Å². The van der Waals surface area contributed by atoms with Crippen molar-refractivity contribution in [3.05, 3.63) is 59.2 Å². The van der Waals surface area contributed by atoms with Crippen LogP contribution in [-0.4, -0.2) is 5.91 Å². The number of halogens is 4. The molecular weight excluding hydrogens is 353 g/mol. The predicted molar refractivity (Wildman–Crippen MR) is 95.9 cm³/mol. The van der Waals surface area contributed by atoms with Crippen molar-refractivity contribution in [1.29, 1.82) is 0 Å². The standard InChI is InChI=1S/C18H19F3N2O.ClH/c1-11-6-7-15(22)10-16(11)23-17(24)8-12(2)13-4-3-5-14(9-13)18(19,20)21;/h3-7,9-10,12H,8,22H2,1-2H3,(H,23,24);1H. The molecule has 7 heteroatoms. The van der Waals surface area contributed by atoms with Gasteiger partial charge in [0.1, 0.15) is 0 Å². The number of carbonyl (C=O) groups is 1. The van der Waals surface area contributed by atoms with Crippen molar-refractivity contribution in [3.63, 3.8) is 0 Å². The summed E-state index contributed by atoms with van der Waals surface area (Å²) >= 11 is 0. The van der Waals surface area contributed by atoms with Gasteiger partial charge in [0.2, 0.25) is 5.91 Å². The first kappa shape index (κ1) is 20.8. The van der Waals surface area contributed by atoms with Crippen LogP contribution in [0.1, 0.15) is 36.0 Å². The van der Waals surface area contributed by atoms with Crippen molar-refractivity contribution in [3.8, 4) is 0 Å². The van der Waals surface area contributed by atoms with Gasteiger partial charge in [-0.25, -0.2) is 0 Å². The zero-order valence-electron chi connectivity index (χ0n) is 13.9. The molecule has 1 unspecified atom stereocenters. The molecule has 0 bridgehead atoms. The SMILES string of the molecule is Cc1ccc(N)cc1NC(=O)CC(C)c1cccc(C(F)(F)F)c1.Cl. The molecule has 0 saturated carbocycles. The quantitative estimate of drug-likeness (QED) is 0.729. The molecule has 1 atom stereocenters. The van der Waals surface area contributed by atoms with E-state index in [0.29, 0.717) is 16.9 Å².